The highest BCUT2D eigenvalue weighted by Gasteiger charge is 2.06. The molecule has 0 heterocycles. The molecule has 1 amide bonds. The highest BCUT2D eigenvalue weighted by molar-refractivity contribution is 5.76. The summed E-state index contributed by atoms with van der Waals surface area (Å²) in [6.07, 6.45) is 15.2. The molecule has 1 unspecified atom stereocenters. The average molecular weight is 414 g/mol. The normalized spacial score (nSPS) is 12.2. The van der Waals surface area contributed by atoms with Crippen molar-refractivity contribution in [3.05, 3.63) is 0 Å². The maximum atomic E-state index is 12.0. The van der Waals surface area contributed by atoms with Crippen molar-refractivity contribution >= 4 is 5.91 Å². The lowest BCUT2D eigenvalue weighted by Gasteiger charge is -2.14. The van der Waals surface area contributed by atoms with Gasteiger partial charge in [-0.1, -0.05) is 71.1 Å². The summed E-state index contributed by atoms with van der Waals surface area (Å²) >= 11 is 0. The Morgan fingerprint density at radius 3 is 1.76 bits per heavy atom. The number of rotatable bonds is 23. The second-order valence-corrected chi connectivity index (χ2v) is 8.23. The highest BCUT2D eigenvalue weighted by Crippen LogP contribution is 2.11. The third kappa shape index (κ3) is 23.5. The molecular formula is C23H51N5O. The van der Waals surface area contributed by atoms with Crippen molar-refractivity contribution in [1.29, 1.82) is 0 Å². The van der Waals surface area contributed by atoms with Crippen LogP contribution in [0.1, 0.15) is 90.9 Å². The zero-order valence-corrected chi connectivity index (χ0v) is 19.5. The monoisotopic (exact) mass is 413 g/mol. The summed E-state index contributed by atoms with van der Waals surface area (Å²) in [4.78, 5) is 12.0. The molecule has 6 N–H and O–H groups in total. The van der Waals surface area contributed by atoms with Crippen LogP contribution >= 0.6 is 0 Å². The van der Waals surface area contributed by atoms with E-state index in [1.165, 1.54) is 64.2 Å². The van der Waals surface area contributed by atoms with Crippen LogP contribution in [0, 0.1) is 0 Å². The smallest absolute Gasteiger partial charge is 0.221 e. The van der Waals surface area contributed by atoms with Crippen LogP contribution in [0.15, 0.2) is 0 Å². The summed E-state index contributed by atoms with van der Waals surface area (Å²) in [6.45, 7) is 10.4. The van der Waals surface area contributed by atoms with Crippen LogP contribution in [0.25, 0.3) is 0 Å². The second kappa shape index (κ2) is 23.6. The van der Waals surface area contributed by atoms with Crippen molar-refractivity contribution in [3.8, 4) is 0 Å². The fourth-order valence-corrected chi connectivity index (χ4v) is 3.39. The van der Waals surface area contributed by atoms with Crippen LogP contribution in [0.4, 0.5) is 0 Å². The number of hydrogen-bond acceptors (Lipinski definition) is 5. The first-order valence-corrected chi connectivity index (χ1v) is 12.3. The van der Waals surface area contributed by atoms with Gasteiger partial charge in [-0.2, -0.15) is 0 Å². The molecule has 0 aromatic heterocycles. The molecule has 0 saturated carbocycles. The molecule has 0 aromatic rings. The Bertz CT molecular complexity index is 341. The van der Waals surface area contributed by atoms with Crippen molar-refractivity contribution < 1.29 is 4.79 Å². The van der Waals surface area contributed by atoms with Crippen LogP contribution < -0.4 is 27.0 Å². The number of carbonyl (C=O) groups excluding carboxylic acids is 1. The van der Waals surface area contributed by atoms with Gasteiger partial charge in [-0.05, 0) is 13.3 Å². The number of hydrogen-bond donors (Lipinski definition) is 5. The van der Waals surface area contributed by atoms with Crippen LogP contribution in [-0.2, 0) is 4.79 Å². The molecule has 29 heavy (non-hydrogen) atoms. The zero-order valence-electron chi connectivity index (χ0n) is 19.5. The van der Waals surface area contributed by atoms with Crippen molar-refractivity contribution in [2.45, 2.75) is 96.9 Å². The lowest BCUT2D eigenvalue weighted by Crippen LogP contribution is -2.36. The molecule has 0 aliphatic heterocycles. The van der Waals surface area contributed by atoms with E-state index < -0.39 is 0 Å². The Kier molecular flexibility index (Phi) is 23.0. The third-order valence-electron chi connectivity index (χ3n) is 5.21. The summed E-state index contributed by atoms with van der Waals surface area (Å²) in [5.41, 5.74) is 5.42. The molecule has 0 aliphatic carbocycles. The van der Waals surface area contributed by atoms with Crippen molar-refractivity contribution in [2.75, 3.05) is 45.8 Å². The van der Waals surface area contributed by atoms with Crippen LogP contribution in [0.3, 0.4) is 0 Å². The number of unbranched alkanes of at least 4 members (excludes halogenated alkanes) is 9. The molecule has 0 bridgehead atoms. The van der Waals surface area contributed by atoms with Crippen molar-refractivity contribution in [2.24, 2.45) is 5.73 Å². The van der Waals surface area contributed by atoms with E-state index in [9.17, 15) is 4.79 Å². The van der Waals surface area contributed by atoms with Crippen molar-refractivity contribution in [3.63, 3.8) is 0 Å². The standard InChI is InChI=1S/C23H51N5O/c1-3-4-5-6-7-8-9-10-11-12-13-22(2)28-23(29)14-16-25-18-20-27-21-19-26-17-15-24/h22,25-27H,3-21,24H2,1-2H3,(H,28,29). The van der Waals surface area contributed by atoms with Gasteiger partial charge in [0.15, 0.2) is 0 Å². The highest BCUT2D eigenvalue weighted by atomic mass is 16.1. The summed E-state index contributed by atoms with van der Waals surface area (Å²) in [6, 6.07) is 0.291. The van der Waals surface area contributed by atoms with E-state index in [0.717, 1.165) is 45.7 Å². The Hall–Kier alpha value is -0.690. The van der Waals surface area contributed by atoms with Crippen LogP contribution in [0.2, 0.25) is 0 Å². The summed E-state index contributed by atoms with van der Waals surface area (Å²) < 4.78 is 0. The maximum Gasteiger partial charge on any atom is 0.221 e. The van der Waals surface area contributed by atoms with Gasteiger partial charge in [-0.25, -0.2) is 0 Å². The van der Waals surface area contributed by atoms with E-state index in [-0.39, 0.29) is 5.91 Å². The van der Waals surface area contributed by atoms with Gasteiger partial charge in [0.25, 0.3) is 0 Å². The molecule has 0 rings (SSSR count). The molecule has 0 saturated heterocycles. The first-order valence-electron chi connectivity index (χ1n) is 12.3. The lowest BCUT2D eigenvalue weighted by molar-refractivity contribution is -0.121. The molecule has 0 spiro atoms. The summed E-state index contributed by atoms with van der Waals surface area (Å²) in [7, 11) is 0. The molecule has 0 fully saturated rings. The minimum Gasteiger partial charge on any atom is -0.354 e. The zero-order chi connectivity index (χ0) is 21.4. The number of nitrogens with one attached hydrogen (secondary N) is 4. The molecule has 1 atom stereocenters. The van der Waals surface area contributed by atoms with E-state index in [1.54, 1.807) is 0 Å². The first kappa shape index (κ1) is 28.3. The van der Waals surface area contributed by atoms with E-state index in [2.05, 4.69) is 35.1 Å². The quantitative estimate of drug-likeness (QED) is 0.166. The van der Waals surface area contributed by atoms with E-state index in [0.29, 0.717) is 19.0 Å². The molecule has 0 aromatic carbocycles. The summed E-state index contributed by atoms with van der Waals surface area (Å²) in [5.74, 6) is 0.163. The predicted molar refractivity (Wildman–Crippen MR) is 126 cm³/mol. The molecule has 0 radical (unpaired) electrons. The van der Waals surface area contributed by atoms with E-state index >= 15 is 0 Å². The van der Waals surface area contributed by atoms with Gasteiger partial charge < -0.3 is 27.0 Å². The molecule has 0 aliphatic rings. The van der Waals surface area contributed by atoms with E-state index in [4.69, 9.17) is 5.73 Å². The molecular weight excluding hydrogens is 362 g/mol. The van der Waals surface area contributed by atoms with E-state index in [1.807, 2.05) is 0 Å². The molecule has 6 nitrogen and oxygen atoms in total. The fourth-order valence-electron chi connectivity index (χ4n) is 3.39. The minimum atomic E-state index is 0.163. The van der Waals surface area contributed by atoms with Gasteiger partial charge in [0, 0.05) is 58.3 Å². The molecule has 6 heteroatoms. The van der Waals surface area contributed by atoms with Gasteiger partial charge in [0.2, 0.25) is 5.91 Å². The first-order chi connectivity index (χ1) is 14.2. The Morgan fingerprint density at radius 1 is 0.724 bits per heavy atom. The van der Waals surface area contributed by atoms with Gasteiger partial charge >= 0.3 is 0 Å². The minimum absolute atomic E-state index is 0.163. The third-order valence-corrected chi connectivity index (χ3v) is 5.21. The number of nitrogens with two attached hydrogens (primary N) is 1. The Labute approximate surface area is 180 Å². The van der Waals surface area contributed by atoms with Crippen molar-refractivity contribution in [1.82, 2.24) is 21.3 Å². The maximum absolute atomic E-state index is 12.0. The number of carbonyl (C=O) groups is 1. The lowest BCUT2D eigenvalue weighted by atomic mass is 10.0. The second-order valence-electron chi connectivity index (χ2n) is 8.23. The average Bonchev–Trinajstić information content (AvgIpc) is 2.70. The molecule has 174 valence electrons. The van der Waals surface area contributed by atoms with Crippen LogP contribution in [0.5, 0.6) is 0 Å². The topological polar surface area (TPSA) is 91.2 Å². The fraction of sp³-hybridized carbons (Fsp3) is 0.957. The van der Waals surface area contributed by atoms with Gasteiger partial charge in [-0.3, -0.25) is 4.79 Å². The predicted octanol–water partition coefficient (Wildman–Crippen LogP) is 2.92. The summed E-state index contributed by atoms with van der Waals surface area (Å²) in [5, 5.41) is 13.0. The van der Waals surface area contributed by atoms with Crippen LogP contribution in [-0.4, -0.2) is 57.8 Å². The largest absolute Gasteiger partial charge is 0.354 e. The van der Waals surface area contributed by atoms with Gasteiger partial charge in [0.1, 0.15) is 0 Å². The Morgan fingerprint density at radius 2 is 1.21 bits per heavy atom. The number of amides is 1. The van der Waals surface area contributed by atoms with Gasteiger partial charge in [-0.15, -0.1) is 0 Å². The van der Waals surface area contributed by atoms with Gasteiger partial charge in [0.05, 0.1) is 0 Å². The Balaban J connectivity index is 3.31. The SMILES string of the molecule is CCCCCCCCCCCCC(C)NC(=O)CCNCCNCCNCCN.